The fourth-order valence-corrected chi connectivity index (χ4v) is 11.9. The van der Waals surface area contributed by atoms with Gasteiger partial charge < -0.3 is 33.8 Å². The monoisotopic (exact) mass is 1520 g/mol. The molecule has 3 N–H and O–H groups in total. The Bertz CT molecular complexity index is 2630. The summed E-state index contributed by atoms with van der Waals surface area (Å²) in [6, 6.07) is 0. The van der Waals surface area contributed by atoms with Crippen molar-refractivity contribution in [2.45, 2.75) is 329 Å². The van der Waals surface area contributed by atoms with Gasteiger partial charge in [-0.1, -0.05) is 295 Å². The smallest absolute Gasteiger partial charge is 0.462 e. The predicted molar refractivity (Wildman–Crippen MR) is 436 cm³/mol. The van der Waals surface area contributed by atoms with Crippen LogP contribution >= 0.6 is 15.6 Å². The second-order valence-corrected chi connectivity index (χ2v) is 29.5. The van der Waals surface area contributed by atoms with Crippen LogP contribution in [0.5, 0.6) is 0 Å². The second kappa shape index (κ2) is 77.8. The summed E-state index contributed by atoms with van der Waals surface area (Å²) < 4.78 is 68.5. The van der Waals surface area contributed by atoms with Crippen molar-refractivity contribution in [1.29, 1.82) is 0 Å². The van der Waals surface area contributed by atoms with Gasteiger partial charge in [0.2, 0.25) is 0 Å². The first-order valence-corrected chi connectivity index (χ1v) is 43.7. The molecule has 0 saturated heterocycles. The average molecular weight is 1520 g/mol. The zero-order chi connectivity index (χ0) is 77.4. The van der Waals surface area contributed by atoms with E-state index in [9.17, 15) is 43.2 Å². The molecule has 0 saturated carbocycles. The fourth-order valence-electron chi connectivity index (χ4n) is 10.3. The number of ether oxygens (including phenoxy) is 4. The second-order valence-electron chi connectivity index (χ2n) is 26.6. The van der Waals surface area contributed by atoms with Gasteiger partial charge in [-0.25, -0.2) is 9.13 Å². The molecule has 0 aliphatic carbocycles. The van der Waals surface area contributed by atoms with Crippen molar-refractivity contribution in [2.24, 2.45) is 0 Å². The van der Waals surface area contributed by atoms with E-state index in [-0.39, 0.29) is 25.7 Å². The molecule has 0 heterocycles. The zero-order valence-electron chi connectivity index (χ0n) is 66.1. The van der Waals surface area contributed by atoms with Crippen LogP contribution in [0.25, 0.3) is 0 Å². The van der Waals surface area contributed by atoms with Gasteiger partial charge in [-0.2, -0.15) is 0 Å². The number of hydrogen-bond acceptors (Lipinski definition) is 15. The molecule has 604 valence electrons. The standard InChI is InChI=1S/C87H144O17P2/c1-5-9-13-17-21-25-29-33-36-39-40-43-45-49-52-56-60-64-68-72-85(90)97-77-82(103-86(91)73-69-65-61-57-53-47-32-28-24-20-16-12-8-4)79-101-105(93,94)99-75-81(88)76-100-106(95,96)102-80-83(104-87(92)74-70-66-62-58-54-50-46-42-38-35-31-27-23-19-15-11-7-3)78-98-84(89)71-67-63-59-55-51-48-44-41-37-34-30-26-22-18-14-10-6-2/h9,13,21-23,25-27,33-38,40,43-44,46,48-50,52,55,58-59,62,81-83,88H,5-8,10-12,14-20,24,28-32,39,41-42,45,47,51,53-54,56-57,60-61,63-80H2,1-4H3,(H,93,94)(H,95,96)/b13-9-,25-21-,26-22-,27-23-,36-33-,37-34-,38-35-,43-40-,48-44-,50-46-,52-49-,59-55-,62-58-/t81-,82-,83-/m1/s1. The number of esters is 4. The van der Waals surface area contributed by atoms with E-state index in [0.29, 0.717) is 38.5 Å². The molecule has 0 aliphatic rings. The van der Waals surface area contributed by atoms with Gasteiger partial charge in [-0.15, -0.1) is 0 Å². The maximum absolute atomic E-state index is 13.1. The average Bonchev–Trinajstić information content (AvgIpc) is 0.900. The molecule has 0 spiro atoms. The van der Waals surface area contributed by atoms with Crippen molar-refractivity contribution in [3.63, 3.8) is 0 Å². The number of phosphoric ester groups is 2. The van der Waals surface area contributed by atoms with E-state index in [1.165, 1.54) is 89.9 Å². The highest BCUT2D eigenvalue weighted by molar-refractivity contribution is 7.47. The lowest BCUT2D eigenvalue weighted by atomic mass is 10.0. The minimum Gasteiger partial charge on any atom is -0.462 e. The van der Waals surface area contributed by atoms with Gasteiger partial charge >= 0.3 is 39.5 Å². The van der Waals surface area contributed by atoms with Crippen LogP contribution in [0.3, 0.4) is 0 Å². The molecule has 0 fully saturated rings. The molecule has 0 radical (unpaired) electrons. The Morgan fingerprint density at radius 1 is 0.274 bits per heavy atom. The summed E-state index contributed by atoms with van der Waals surface area (Å²) in [5, 5.41) is 10.6. The third-order valence-corrected chi connectivity index (χ3v) is 18.4. The molecule has 5 atom stereocenters. The highest BCUT2D eigenvalue weighted by atomic mass is 31.2. The lowest BCUT2D eigenvalue weighted by Crippen LogP contribution is -2.30. The summed E-state index contributed by atoms with van der Waals surface area (Å²) in [5.41, 5.74) is 0. The number of allylic oxidation sites excluding steroid dienone is 26. The Labute approximate surface area is 642 Å². The summed E-state index contributed by atoms with van der Waals surface area (Å²) in [7, 11) is -10.0. The fraction of sp³-hybridized carbons (Fsp3) is 0.655. The Morgan fingerprint density at radius 2 is 0.500 bits per heavy atom. The summed E-state index contributed by atoms with van der Waals surface area (Å²) in [6.45, 7) is 4.54. The van der Waals surface area contributed by atoms with Crippen LogP contribution in [-0.4, -0.2) is 96.7 Å². The molecule has 17 nitrogen and oxygen atoms in total. The first kappa shape index (κ1) is 101. The molecular formula is C87H144O17P2. The number of unbranched alkanes of at least 4 members (excludes halogenated alkanes) is 23. The third-order valence-electron chi connectivity index (χ3n) is 16.5. The van der Waals surface area contributed by atoms with Crippen LogP contribution < -0.4 is 0 Å². The van der Waals surface area contributed by atoms with Gasteiger partial charge in [-0.3, -0.25) is 37.3 Å². The Balaban J connectivity index is 5.49. The van der Waals surface area contributed by atoms with Crippen molar-refractivity contribution < 1.29 is 80.2 Å². The Hall–Kier alpha value is -5.32. The quantitative estimate of drug-likeness (QED) is 0.0169. The van der Waals surface area contributed by atoms with Gasteiger partial charge in [-0.05, 0) is 148 Å². The molecule has 0 aromatic rings. The molecule has 0 bridgehead atoms. The van der Waals surface area contributed by atoms with E-state index in [0.717, 1.165) is 128 Å². The van der Waals surface area contributed by atoms with E-state index >= 15 is 0 Å². The summed E-state index contributed by atoms with van der Waals surface area (Å²) in [4.78, 5) is 73.0. The van der Waals surface area contributed by atoms with E-state index in [4.69, 9.17) is 37.0 Å². The predicted octanol–water partition coefficient (Wildman–Crippen LogP) is 24.0. The van der Waals surface area contributed by atoms with E-state index in [1.807, 2.05) is 24.3 Å². The number of phosphoric acid groups is 2. The normalized spacial score (nSPS) is 14.7. The number of hydrogen-bond donors (Lipinski definition) is 3. The van der Waals surface area contributed by atoms with Crippen LogP contribution in [0.2, 0.25) is 0 Å². The number of aliphatic hydroxyl groups excluding tert-OH is 1. The molecule has 0 aromatic heterocycles. The number of carbonyl (C=O) groups is 4. The highest BCUT2D eigenvalue weighted by Crippen LogP contribution is 2.45. The van der Waals surface area contributed by atoms with Gasteiger partial charge in [0.1, 0.15) is 19.3 Å². The molecule has 19 heteroatoms. The van der Waals surface area contributed by atoms with Crippen LogP contribution in [-0.2, 0) is 65.4 Å². The van der Waals surface area contributed by atoms with Crippen LogP contribution in [0.15, 0.2) is 158 Å². The topological polar surface area (TPSA) is 237 Å². The maximum atomic E-state index is 13.1. The minimum absolute atomic E-state index is 0.00254. The van der Waals surface area contributed by atoms with Crippen LogP contribution in [0, 0.1) is 0 Å². The maximum Gasteiger partial charge on any atom is 0.472 e. The van der Waals surface area contributed by atoms with Crippen molar-refractivity contribution in [1.82, 2.24) is 0 Å². The van der Waals surface area contributed by atoms with Crippen molar-refractivity contribution in [3.8, 4) is 0 Å². The van der Waals surface area contributed by atoms with Gasteiger partial charge in [0, 0.05) is 25.7 Å². The molecule has 0 aliphatic heterocycles. The lowest BCUT2D eigenvalue weighted by molar-refractivity contribution is -0.161. The minimum atomic E-state index is -5.01. The molecule has 0 aromatic carbocycles. The Kier molecular flexibility index (Phi) is 73.9. The van der Waals surface area contributed by atoms with E-state index < -0.39 is 97.5 Å². The van der Waals surface area contributed by atoms with Crippen LogP contribution in [0.4, 0.5) is 0 Å². The summed E-state index contributed by atoms with van der Waals surface area (Å²) in [6.07, 6.45) is 90.9. The number of rotatable bonds is 75. The van der Waals surface area contributed by atoms with Gasteiger partial charge in [0.15, 0.2) is 12.2 Å². The molecule has 0 amide bonds. The largest absolute Gasteiger partial charge is 0.472 e. The molecule has 106 heavy (non-hydrogen) atoms. The van der Waals surface area contributed by atoms with Crippen LogP contribution in [0.1, 0.15) is 310 Å². The van der Waals surface area contributed by atoms with Gasteiger partial charge in [0.25, 0.3) is 0 Å². The zero-order valence-corrected chi connectivity index (χ0v) is 67.8. The lowest BCUT2D eigenvalue weighted by Gasteiger charge is -2.21. The van der Waals surface area contributed by atoms with Gasteiger partial charge in [0.05, 0.1) is 26.4 Å². The van der Waals surface area contributed by atoms with E-state index in [1.54, 1.807) is 0 Å². The van der Waals surface area contributed by atoms with E-state index in [2.05, 4.69) is 161 Å². The van der Waals surface area contributed by atoms with Crippen molar-refractivity contribution in [2.75, 3.05) is 39.6 Å². The number of aliphatic hydroxyl groups is 1. The third kappa shape index (κ3) is 76.9. The van der Waals surface area contributed by atoms with Crippen molar-refractivity contribution >= 4 is 39.5 Å². The SMILES string of the molecule is CC/C=C\C/C=C\C/C=C\C/C=C\C/C=C\CCCCCC(=O)OC[C@H](COP(=O)(O)OC[C@@H](O)COP(=O)(O)OC[C@@H](COC(=O)CCC/C=C\C/C=C\C/C=C\C/C=C\CCCCC)OC(=O)CCC/C=C\C/C=C\C/C=C\C/C=C\CCCCC)OC(=O)CCCCCCCCCCCCCCC. The molecular weight excluding hydrogens is 1380 g/mol. The highest BCUT2D eigenvalue weighted by Gasteiger charge is 2.30. The Morgan fingerprint density at radius 3 is 0.821 bits per heavy atom. The summed E-state index contributed by atoms with van der Waals surface area (Å²) >= 11 is 0. The molecule has 0 rings (SSSR count). The first-order valence-electron chi connectivity index (χ1n) is 40.7. The molecule has 2 unspecified atom stereocenters. The summed E-state index contributed by atoms with van der Waals surface area (Å²) in [5.74, 6) is -2.35. The first-order chi connectivity index (χ1) is 51.7. The van der Waals surface area contributed by atoms with Crippen molar-refractivity contribution in [3.05, 3.63) is 158 Å². The number of carbonyl (C=O) groups excluding carboxylic acids is 4.